The fraction of sp³-hybridized carbons (Fsp3) is 0.143. The molecule has 1 heterocycles. The van der Waals surface area contributed by atoms with Gasteiger partial charge in [0.25, 0.3) is 6.43 Å². The number of rotatable bonds is 2. The van der Waals surface area contributed by atoms with Crippen molar-refractivity contribution in [2.45, 2.75) is 6.43 Å². The lowest BCUT2D eigenvalue weighted by Gasteiger charge is -2.00. The Morgan fingerprint density at radius 2 is 2.17 bits per heavy atom. The minimum atomic E-state index is -2.62. The molecule has 0 atom stereocenters. The molecule has 0 radical (unpaired) electrons. The van der Waals surface area contributed by atoms with E-state index in [-0.39, 0.29) is 17.2 Å². The number of nitrogen functional groups attached to an aromatic ring is 1. The van der Waals surface area contributed by atoms with Crippen LogP contribution in [-0.2, 0) is 0 Å². The van der Waals surface area contributed by atoms with E-state index in [0.717, 1.165) is 0 Å². The van der Waals surface area contributed by atoms with Gasteiger partial charge in [0.15, 0.2) is 0 Å². The van der Waals surface area contributed by atoms with Crippen LogP contribution in [0, 0.1) is 5.41 Å². The van der Waals surface area contributed by atoms with Crippen molar-refractivity contribution >= 4 is 5.84 Å². The third-order valence-electron chi connectivity index (χ3n) is 1.27. The molecule has 3 nitrogen and oxygen atoms in total. The summed E-state index contributed by atoms with van der Waals surface area (Å²) in [5.41, 5.74) is 4.78. The highest BCUT2D eigenvalue weighted by molar-refractivity contribution is 5.92. The van der Waals surface area contributed by atoms with Crippen LogP contribution in [0.15, 0.2) is 18.2 Å². The van der Waals surface area contributed by atoms with E-state index in [1.54, 1.807) is 0 Å². The number of amidine groups is 1. The van der Waals surface area contributed by atoms with Crippen molar-refractivity contribution in [3.05, 3.63) is 29.6 Å². The summed E-state index contributed by atoms with van der Waals surface area (Å²) < 4.78 is 24.1. The van der Waals surface area contributed by atoms with E-state index in [4.69, 9.17) is 11.1 Å². The van der Waals surface area contributed by atoms with E-state index >= 15 is 0 Å². The third-order valence-corrected chi connectivity index (χ3v) is 1.27. The van der Waals surface area contributed by atoms with Crippen molar-refractivity contribution in [1.82, 2.24) is 4.98 Å². The number of hydrogen-bond donors (Lipinski definition) is 2. The van der Waals surface area contributed by atoms with Crippen molar-refractivity contribution in [2.24, 2.45) is 5.73 Å². The summed E-state index contributed by atoms with van der Waals surface area (Å²) in [6.07, 6.45) is -2.62. The predicted molar refractivity (Wildman–Crippen MR) is 40.2 cm³/mol. The molecule has 0 fully saturated rings. The second kappa shape index (κ2) is 3.25. The van der Waals surface area contributed by atoms with Crippen LogP contribution in [0.2, 0.25) is 0 Å². The van der Waals surface area contributed by atoms with Gasteiger partial charge in [-0.1, -0.05) is 6.07 Å². The highest BCUT2D eigenvalue weighted by atomic mass is 19.3. The molecule has 3 N–H and O–H groups in total. The maximum Gasteiger partial charge on any atom is 0.280 e. The summed E-state index contributed by atoms with van der Waals surface area (Å²) in [5.74, 6) is -0.308. The average molecular weight is 171 g/mol. The van der Waals surface area contributed by atoms with Gasteiger partial charge in [-0.25, -0.2) is 13.8 Å². The van der Waals surface area contributed by atoms with E-state index in [1.165, 1.54) is 18.2 Å². The number of nitrogens with two attached hydrogens (primary N) is 1. The molecule has 0 saturated heterocycles. The minimum absolute atomic E-state index is 0.0767. The number of alkyl halides is 2. The Balaban J connectivity index is 3.04. The Bertz CT molecular complexity index is 298. The van der Waals surface area contributed by atoms with Gasteiger partial charge in [-0.2, -0.15) is 0 Å². The molecule has 12 heavy (non-hydrogen) atoms. The zero-order valence-corrected chi connectivity index (χ0v) is 6.09. The first-order valence-corrected chi connectivity index (χ1v) is 3.21. The molecule has 1 rings (SSSR count). The summed E-state index contributed by atoms with van der Waals surface area (Å²) in [7, 11) is 0. The number of pyridine rings is 1. The molecule has 0 aliphatic carbocycles. The van der Waals surface area contributed by atoms with Gasteiger partial charge in [0, 0.05) is 0 Å². The summed E-state index contributed by atoms with van der Waals surface area (Å²) >= 11 is 0. The molecular formula is C7H7F2N3. The van der Waals surface area contributed by atoms with E-state index in [9.17, 15) is 8.78 Å². The summed E-state index contributed by atoms with van der Waals surface area (Å²) in [4.78, 5) is 3.47. The van der Waals surface area contributed by atoms with Gasteiger partial charge < -0.3 is 5.73 Å². The number of halogens is 2. The fourth-order valence-electron chi connectivity index (χ4n) is 0.723. The van der Waals surface area contributed by atoms with Gasteiger partial charge in [-0.3, -0.25) is 5.41 Å². The van der Waals surface area contributed by atoms with Crippen molar-refractivity contribution < 1.29 is 8.78 Å². The molecule has 0 spiro atoms. The zero-order chi connectivity index (χ0) is 9.14. The van der Waals surface area contributed by atoms with E-state index in [0.29, 0.717) is 0 Å². The van der Waals surface area contributed by atoms with Crippen molar-refractivity contribution in [1.29, 1.82) is 5.41 Å². The van der Waals surface area contributed by atoms with Crippen LogP contribution in [-0.4, -0.2) is 10.8 Å². The molecule has 1 aromatic rings. The first-order valence-electron chi connectivity index (χ1n) is 3.21. The third kappa shape index (κ3) is 1.75. The summed E-state index contributed by atoms with van der Waals surface area (Å²) in [5, 5.41) is 6.94. The lowest BCUT2D eigenvalue weighted by Crippen LogP contribution is -2.13. The monoisotopic (exact) mass is 171 g/mol. The molecule has 0 saturated carbocycles. The van der Waals surface area contributed by atoms with Crippen LogP contribution >= 0.6 is 0 Å². The second-order valence-electron chi connectivity index (χ2n) is 2.16. The lowest BCUT2D eigenvalue weighted by molar-refractivity contribution is 0.146. The Hall–Kier alpha value is -1.52. The standard InChI is InChI=1S/C7H7F2N3/c8-6(9)4-2-1-3-5(12-4)7(10)11/h1-3,6H,(H3,10,11). The zero-order valence-electron chi connectivity index (χ0n) is 6.09. The van der Waals surface area contributed by atoms with E-state index in [2.05, 4.69) is 4.98 Å². The molecule has 64 valence electrons. The van der Waals surface area contributed by atoms with E-state index in [1.807, 2.05) is 0 Å². The molecule has 0 unspecified atom stereocenters. The van der Waals surface area contributed by atoms with Gasteiger partial charge in [0.05, 0.1) is 0 Å². The van der Waals surface area contributed by atoms with Crippen LogP contribution in [0.4, 0.5) is 8.78 Å². The van der Waals surface area contributed by atoms with Crippen LogP contribution in [0.3, 0.4) is 0 Å². The smallest absolute Gasteiger partial charge is 0.280 e. The molecule has 0 bridgehead atoms. The molecule has 1 aromatic heterocycles. The number of nitrogens with one attached hydrogen (secondary N) is 1. The van der Waals surface area contributed by atoms with Gasteiger partial charge in [-0.15, -0.1) is 0 Å². The molecule has 0 amide bonds. The quantitative estimate of drug-likeness (QED) is 0.520. The van der Waals surface area contributed by atoms with Gasteiger partial charge in [-0.05, 0) is 12.1 Å². The van der Waals surface area contributed by atoms with Crippen molar-refractivity contribution in [3.63, 3.8) is 0 Å². The van der Waals surface area contributed by atoms with Crippen molar-refractivity contribution in [2.75, 3.05) is 0 Å². The maximum absolute atomic E-state index is 12.0. The second-order valence-corrected chi connectivity index (χ2v) is 2.16. The van der Waals surface area contributed by atoms with Crippen LogP contribution in [0.25, 0.3) is 0 Å². The Morgan fingerprint density at radius 1 is 1.50 bits per heavy atom. The number of hydrogen-bond acceptors (Lipinski definition) is 2. The lowest BCUT2D eigenvalue weighted by atomic mass is 10.3. The van der Waals surface area contributed by atoms with Gasteiger partial charge >= 0.3 is 0 Å². The number of aromatic nitrogens is 1. The topological polar surface area (TPSA) is 62.8 Å². The first kappa shape index (κ1) is 8.58. The highest BCUT2D eigenvalue weighted by Crippen LogP contribution is 2.15. The SMILES string of the molecule is N=C(N)c1cccc(C(F)F)n1. The predicted octanol–water partition coefficient (Wildman–Crippen LogP) is 1.30. The van der Waals surface area contributed by atoms with Gasteiger partial charge in [0.1, 0.15) is 17.2 Å². The Kier molecular flexibility index (Phi) is 2.32. The van der Waals surface area contributed by atoms with Crippen LogP contribution < -0.4 is 5.73 Å². The fourth-order valence-corrected chi connectivity index (χ4v) is 0.723. The van der Waals surface area contributed by atoms with Crippen LogP contribution in [0.5, 0.6) is 0 Å². The number of nitrogens with zero attached hydrogens (tertiary/aromatic N) is 1. The highest BCUT2D eigenvalue weighted by Gasteiger charge is 2.09. The largest absolute Gasteiger partial charge is 0.382 e. The Morgan fingerprint density at radius 3 is 2.67 bits per heavy atom. The summed E-state index contributed by atoms with van der Waals surface area (Å²) in [6, 6.07) is 4.00. The minimum Gasteiger partial charge on any atom is -0.382 e. The molecule has 0 aromatic carbocycles. The van der Waals surface area contributed by atoms with Gasteiger partial charge in [0.2, 0.25) is 0 Å². The van der Waals surface area contributed by atoms with E-state index < -0.39 is 6.43 Å². The molecule has 0 aliphatic rings. The molecular weight excluding hydrogens is 164 g/mol. The summed E-state index contributed by atoms with van der Waals surface area (Å²) in [6.45, 7) is 0. The van der Waals surface area contributed by atoms with Crippen molar-refractivity contribution in [3.8, 4) is 0 Å². The molecule has 0 aliphatic heterocycles. The normalized spacial score (nSPS) is 10.2. The maximum atomic E-state index is 12.0. The van der Waals surface area contributed by atoms with Crippen LogP contribution in [0.1, 0.15) is 17.8 Å². The molecule has 5 heteroatoms. The first-order chi connectivity index (χ1) is 5.61. The Labute approximate surface area is 67.7 Å². The average Bonchev–Trinajstić information content (AvgIpc) is 2.04.